The van der Waals surface area contributed by atoms with Gasteiger partial charge in [0.2, 0.25) is 0 Å². The number of carbonyl (C=O) groups excluding carboxylic acids is 1. The average Bonchev–Trinajstić information content (AvgIpc) is 2.21. The first kappa shape index (κ1) is 15.0. The molecule has 0 saturated carbocycles. The van der Waals surface area contributed by atoms with Gasteiger partial charge in [0.15, 0.2) is 5.75 Å². The van der Waals surface area contributed by atoms with Crippen molar-refractivity contribution in [2.75, 3.05) is 0 Å². The lowest BCUT2D eigenvalue weighted by Gasteiger charge is -2.18. The fraction of sp³-hybridized carbons (Fsp3) is 0.222. The number of rotatable bonds is 2. The highest BCUT2D eigenvalue weighted by Crippen LogP contribution is 2.39. The van der Waals surface area contributed by atoms with Crippen LogP contribution in [0.25, 0.3) is 0 Å². The van der Waals surface area contributed by atoms with Crippen LogP contribution in [0.5, 0.6) is 5.75 Å². The maximum atomic E-state index is 12.6. The van der Waals surface area contributed by atoms with Gasteiger partial charge in [-0.25, -0.2) is 4.79 Å². The summed E-state index contributed by atoms with van der Waals surface area (Å²) in [5, 5.41) is -0.734. The molecule has 2 nitrogen and oxygen atoms in total. The number of para-hydroxylation sites is 1. The van der Waals surface area contributed by atoms with E-state index in [-0.39, 0.29) is 10.0 Å². The minimum atomic E-state index is -6.06. The van der Waals surface area contributed by atoms with Gasteiger partial charge in [-0.2, -0.15) is 22.0 Å². The topological polar surface area (TPSA) is 26.3 Å². The smallest absolute Gasteiger partial charge is 0.419 e. The Morgan fingerprint density at radius 1 is 1.06 bits per heavy atom. The third-order valence-electron chi connectivity index (χ3n) is 1.73. The van der Waals surface area contributed by atoms with E-state index in [9.17, 15) is 26.7 Å². The number of hydrogen-bond donors (Lipinski definition) is 0. The van der Waals surface area contributed by atoms with Crippen LogP contribution >= 0.6 is 23.2 Å². The lowest BCUT2D eigenvalue weighted by molar-refractivity contribution is -0.276. The highest BCUT2D eigenvalue weighted by Gasteiger charge is 2.65. The predicted octanol–water partition coefficient (Wildman–Crippen LogP) is 4.10. The molecule has 0 atom stereocenters. The second-order valence-corrected chi connectivity index (χ2v) is 3.83. The second kappa shape index (κ2) is 4.89. The van der Waals surface area contributed by atoms with Crippen LogP contribution in [0, 0.1) is 0 Å². The van der Waals surface area contributed by atoms with Crippen molar-refractivity contribution in [3.63, 3.8) is 0 Å². The summed E-state index contributed by atoms with van der Waals surface area (Å²) in [6, 6.07) is 3.52. The molecule has 0 aromatic heterocycles. The lowest BCUT2D eigenvalue weighted by Crippen LogP contribution is -2.46. The zero-order valence-electron chi connectivity index (χ0n) is 8.19. The van der Waals surface area contributed by atoms with E-state index in [0.717, 1.165) is 12.1 Å². The normalized spacial score (nSPS) is 12.4. The van der Waals surface area contributed by atoms with Crippen molar-refractivity contribution in [1.29, 1.82) is 0 Å². The fourth-order valence-corrected chi connectivity index (χ4v) is 1.33. The molecular weight excluding hydrogens is 306 g/mol. The van der Waals surface area contributed by atoms with E-state index in [4.69, 9.17) is 23.2 Å². The van der Waals surface area contributed by atoms with Gasteiger partial charge < -0.3 is 4.74 Å². The molecule has 1 rings (SSSR count). The van der Waals surface area contributed by atoms with E-state index in [1.807, 2.05) is 0 Å². The molecule has 9 heteroatoms. The molecule has 100 valence electrons. The zero-order valence-corrected chi connectivity index (χ0v) is 9.71. The van der Waals surface area contributed by atoms with Crippen molar-refractivity contribution in [3.05, 3.63) is 28.2 Å². The van der Waals surface area contributed by atoms with Crippen LogP contribution in [-0.2, 0) is 4.79 Å². The third-order valence-corrected chi connectivity index (χ3v) is 2.32. The van der Waals surface area contributed by atoms with Gasteiger partial charge in [-0.05, 0) is 12.1 Å². The molecule has 0 spiro atoms. The molecule has 0 radical (unpaired) electrons. The van der Waals surface area contributed by atoms with Crippen molar-refractivity contribution >= 4 is 29.2 Å². The molecule has 0 unspecified atom stereocenters. The third kappa shape index (κ3) is 2.84. The fourth-order valence-electron chi connectivity index (χ4n) is 0.853. The molecule has 0 aliphatic heterocycles. The van der Waals surface area contributed by atoms with Crippen LogP contribution in [0.3, 0.4) is 0 Å². The number of carbonyl (C=O) groups is 1. The van der Waals surface area contributed by atoms with Gasteiger partial charge in [0.25, 0.3) is 0 Å². The number of alkyl halides is 5. The van der Waals surface area contributed by atoms with Gasteiger partial charge >= 0.3 is 18.1 Å². The summed E-state index contributed by atoms with van der Waals surface area (Å²) < 4.78 is 64.7. The standard InChI is InChI=1S/C9H3Cl2F5O2/c10-4-2-1-3-5(11)6(4)18-7(17)8(12,13)9(14,15)16/h1-3H. The van der Waals surface area contributed by atoms with Gasteiger partial charge in [-0.3, -0.25) is 0 Å². The van der Waals surface area contributed by atoms with Gasteiger partial charge in [0.05, 0.1) is 10.0 Å². The average molecular weight is 309 g/mol. The Hall–Kier alpha value is -1.08. The molecule has 0 amide bonds. The monoisotopic (exact) mass is 308 g/mol. The molecule has 18 heavy (non-hydrogen) atoms. The first-order valence-electron chi connectivity index (χ1n) is 4.18. The van der Waals surface area contributed by atoms with Gasteiger partial charge in [-0.1, -0.05) is 29.3 Å². The number of esters is 1. The van der Waals surface area contributed by atoms with E-state index in [2.05, 4.69) is 4.74 Å². The lowest BCUT2D eigenvalue weighted by atomic mass is 10.3. The molecule has 0 N–H and O–H groups in total. The van der Waals surface area contributed by atoms with Crippen LogP contribution in [0.15, 0.2) is 18.2 Å². The van der Waals surface area contributed by atoms with Crippen molar-refractivity contribution in [2.24, 2.45) is 0 Å². The number of halogens is 7. The SMILES string of the molecule is O=C(Oc1c(Cl)cccc1Cl)C(F)(F)C(F)(F)F. The van der Waals surface area contributed by atoms with Crippen LogP contribution in [0.2, 0.25) is 10.0 Å². The van der Waals surface area contributed by atoms with Crippen molar-refractivity contribution in [3.8, 4) is 5.75 Å². The highest BCUT2D eigenvalue weighted by molar-refractivity contribution is 6.37. The maximum absolute atomic E-state index is 12.6. The zero-order chi connectivity index (χ0) is 14.1. The predicted molar refractivity (Wildman–Crippen MR) is 53.1 cm³/mol. The Morgan fingerprint density at radius 3 is 1.89 bits per heavy atom. The van der Waals surface area contributed by atoms with E-state index in [0.29, 0.717) is 0 Å². The first-order valence-corrected chi connectivity index (χ1v) is 4.94. The maximum Gasteiger partial charge on any atom is 0.465 e. The number of ether oxygens (including phenoxy) is 1. The van der Waals surface area contributed by atoms with Crippen molar-refractivity contribution in [1.82, 2.24) is 0 Å². The minimum absolute atomic E-state index is 0.367. The minimum Gasteiger partial charge on any atom is -0.419 e. The van der Waals surface area contributed by atoms with Crippen molar-refractivity contribution < 1.29 is 31.5 Å². The molecule has 0 aliphatic carbocycles. The van der Waals surface area contributed by atoms with Gasteiger partial charge in [0, 0.05) is 0 Å². The Labute approximate surface area is 107 Å². The van der Waals surface area contributed by atoms with Crippen LogP contribution in [-0.4, -0.2) is 18.1 Å². The Morgan fingerprint density at radius 2 is 1.50 bits per heavy atom. The molecule has 0 bridgehead atoms. The summed E-state index contributed by atoms with van der Waals surface area (Å²) in [4.78, 5) is 10.8. The van der Waals surface area contributed by atoms with Crippen LogP contribution < -0.4 is 4.74 Å². The van der Waals surface area contributed by atoms with Crippen LogP contribution in [0.4, 0.5) is 22.0 Å². The van der Waals surface area contributed by atoms with E-state index < -0.39 is 23.8 Å². The second-order valence-electron chi connectivity index (χ2n) is 3.01. The van der Waals surface area contributed by atoms with E-state index in [1.165, 1.54) is 6.07 Å². The summed E-state index contributed by atoms with van der Waals surface area (Å²) in [5.74, 6) is -9.20. The summed E-state index contributed by atoms with van der Waals surface area (Å²) in [6.45, 7) is 0. The van der Waals surface area contributed by atoms with Gasteiger partial charge in [-0.15, -0.1) is 0 Å². The Balaban J connectivity index is 3.03. The molecule has 1 aromatic rings. The summed E-state index contributed by atoms with van der Waals surface area (Å²) in [5.41, 5.74) is 0. The molecule has 1 aromatic carbocycles. The summed E-state index contributed by atoms with van der Waals surface area (Å²) in [6.07, 6.45) is -6.06. The first-order chi connectivity index (χ1) is 8.07. The number of hydrogen-bond acceptors (Lipinski definition) is 2. The van der Waals surface area contributed by atoms with Crippen molar-refractivity contribution in [2.45, 2.75) is 12.1 Å². The molecule has 0 fully saturated rings. The Bertz CT molecular complexity index is 452. The summed E-state index contributed by atoms with van der Waals surface area (Å²) >= 11 is 10.9. The number of benzene rings is 1. The van der Waals surface area contributed by atoms with E-state index in [1.54, 1.807) is 0 Å². The summed E-state index contributed by atoms with van der Waals surface area (Å²) in [7, 11) is 0. The molecular formula is C9H3Cl2F5O2. The molecule has 0 saturated heterocycles. The molecule has 0 heterocycles. The van der Waals surface area contributed by atoms with Gasteiger partial charge in [0.1, 0.15) is 0 Å². The molecule has 0 aliphatic rings. The van der Waals surface area contributed by atoms with Crippen LogP contribution in [0.1, 0.15) is 0 Å². The quantitative estimate of drug-likeness (QED) is 0.467. The highest BCUT2D eigenvalue weighted by atomic mass is 35.5. The van der Waals surface area contributed by atoms with E-state index >= 15 is 0 Å². The largest absolute Gasteiger partial charge is 0.465 e. The Kier molecular flexibility index (Phi) is 4.07.